The van der Waals surface area contributed by atoms with Crippen LogP contribution in [0.15, 0.2) is 15.4 Å². The Bertz CT molecular complexity index is 1010. The van der Waals surface area contributed by atoms with Crippen LogP contribution in [0.5, 0.6) is 0 Å². The van der Waals surface area contributed by atoms with E-state index in [-0.39, 0.29) is 24.2 Å². The molecule has 0 bridgehead atoms. The molecule has 4 unspecified atom stereocenters. The van der Waals surface area contributed by atoms with E-state index in [2.05, 4.69) is 4.98 Å². The maximum atomic E-state index is 15.6. The second kappa shape index (κ2) is 8.74. The van der Waals surface area contributed by atoms with E-state index in [1.165, 1.54) is 4.57 Å². The molecule has 1 aromatic heterocycles. The number of H-pyrrole nitrogens is 1. The first-order valence-corrected chi connectivity index (χ1v) is 10.9. The monoisotopic (exact) mass is 462 g/mol. The highest BCUT2D eigenvalue weighted by atomic mass is 19.3. The van der Waals surface area contributed by atoms with Crippen molar-refractivity contribution in [1.82, 2.24) is 14.5 Å². The number of nitrogens with one attached hydrogen (secondary N) is 1. The SMILES string of the molecule is CC1c2c(c(=O)[nH]c(=O)n2C2CC2)C(C(F)F)=C(F)C1N1CCC(C(N)C(CF)CF)C1. The number of hydrogen-bond donors (Lipinski definition) is 2. The Morgan fingerprint density at radius 2 is 1.81 bits per heavy atom. The van der Waals surface area contributed by atoms with Crippen molar-refractivity contribution in [3.05, 3.63) is 37.9 Å². The third kappa shape index (κ3) is 3.72. The summed E-state index contributed by atoms with van der Waals surface area (Å²) >= 11 is 0. The first-order valence-electron chi connectivity index (χ1n) is 10.9. The highest BCUT2D eigenvalue weighted by molar-refractivity contribution is 5.74. The summed E-state index contributed by atoms with van der Waals surface area (Å²) < 4.78 is 71.1. The highest BCUT2D eigenvalue weighted by Crippen LogP contribution is 2.46. The summed E-state index contributed by atoms with van der Waals surface area (Å²) in [6.07, 6.45) is -1.48. The average Bonchev–Trinajstić information content (AvgIpc) is 3.45. The van der Waals surface area contributed by atoms with Gasteiger partial charge in [0.15, 0.2) is 0 Å². The molecule has 1 aromatic rings. The number of halogens is 5. The zero-order valence-electron chi connectivity index (χ0n) is 17.7. The lowest BCUT2D eigenvalue weighted by Crippen LogP contribution is -2.47. The van der Waals surface area contributed by atoms with E-state index in [1.54, 1.807) is 11.8 Å². The Morgan fingerprint density at radius 3 is 2.38 bits per heavy atom. The quantitative estimate of drug-likeness (QED) is 0.610. The number of nitrogens with zero attached hydrogens (tertiary/aromatic N) is 2. The molecule has 178 valence electrons. The smallest absolute Gasteiger partial charge is 0.327 e. The molecule has 2 heterocycles. The fourth-order valence-corrected chi connectivity index (χ4v) is 5.32. The molecule has 11 heteroatoms. The summed E-state index contributed by atoms with van der Waals surface area (Å²) in [5.41, 5.74) is 3.01. The number of likely N-dealkylation sites (tertiary alicyclic amines) is 1. The van der Waals surface area contributed by atoms with Crippen molar-refractivity contribution in [2.45, 2.75) is 56.7 Å². The van der Waals surface area contributed by atoms with E-state index in [4.69, 9.17) is 5.73 Å². The van der Waals surface area contributed by atoms with Crippen LogP contribution >= 0.6 is 0 Å². The van der Waals surface area contributed by atoms with Crippen molar-refractivity contribution in [3.8, 4) is 0 Å². The van der Waals surface area contributed by atoms with Gasteiger partial charge in [0, 0.05) is 36.2 Å². The van der Waals surface area contributed by atoms with Crippen LogP contribution in [0, 0.1) is 11.8 Å². The van der Waals surface area contributed by atoms with E-state index in [1.807, 2.05) is 0 Å². The van der Waals surface area contributed by atoms with Crippen molar-refractivity contribution >= 4 is 5.57 Å². The first kappa shape index (κ1) is 23.2. The van der Waals surface area contributed by atoms with Gasteiger partial charge in [0.05, 0.1) is 30.5 Å². The number of alkyl halides is 4. The molecule has 1 saturated carbocycles. The topological polar surface area (TPSA) is 84.1 Å². The number of hydrogen-bond acceptors (Lipinski definition) is 4. The van der Waals surface area contributed by atoms with E-state index < -0.39 is 71.9 Å². The molecule has 4 rings (SSSR count). The maximum Gasteiger partial charge on any atom is 0.328 e. The molecule has 1 saturated heterocycles. The number of aromatic nitrogens is 2. The van der Waals surface area contributed by atoms with Crippen molar-refractivity contribution in [2.75, 3.05) is 26.4 Å². The zero-order valence-corrected chi connectivity index (χ0v) is 17.7. The molecular weight excluding hydrogens is 435 g/mol. The fraction of sp³-hybridized carbons (Fsp3) is 0.714. The lowest BCUT2D eigenvalue weighted by Gasteiger charge is -2.38. The lowest BCUT2D eigenvalue weighted by molar-refractivity contribution is 0.171. The second-order valence-corrected chi connectivity index (χ2v) is 9.11. The van der Waals surface area contributed by atoms with E-state index in [0.717, 1.165) is 0 Å². The molecule has 2 aliphatic carbocycles. The molecular formula is C21H27F5N4O2. The number of rotatable bonds is 7. The van der Waals surface area contributed by atoms with Gasteiger partial charge < -0.3 is 5.73 Å². The minimum absolute atomic E-state index is 0.126. The van der Waals surface area contributed by atoms with Crippen molar-refractivity contribution in [2.24, 2.45) is 17.6 Å². The summed E-state index contributed by atoms with van der Waals surface area (Å²) in [5, 5.41) is 0. The Kier molecular flexibility index (Phi) is 6.32. The summed E-state index contributed by atoms with van der Waals surface area (Å²) in [6, 6.07) is -2.12. The van der Waals surface area contributed by atoms with Crippen LogP contribution in [-0.4, -0.2) is 59.4 Å². The van der Waals surface area contributed by atoms with Crippen LogP contribution in [0.4, 0.5) is 22.0 Å². The van der Waals surface area contributed by atoms with Crippen LogP contribution in [-0.2, 0) is 0 Å². The van der Waals surface area contributed by atoms with Gasteiger partial charge in [0.1, 0.15) is 5.83 Å². The Morgan fingerprint density at radius 1 is 1.16 bits per heavy atom. The molecule has 4 atom stereocenters. The molecule has 6 nitrogen and oxygen atoms in total. The van der Waals surface area contributed by atoms with Gasteiger partial charge in [-0.05, 0) is 31.7 Å². The van der Waals surface area contributed by atoms with Crippen LogP contribution in [0.25, 0.3) is 5.57 Å². The molecule has 0 spiro atoms. The lowest BCUT2D eigenvalue weighted by atomic mass is 9.82. The van der Waals surface area contributed by atoms with Crippen molar-refractivity contribution in [3.63, 3.8) is 0 Å². The Hall–Kier alpha value is -2.01. The van der Waals surface area contributed by atoms with Crippen LogP contribution in [0.3, 0.4) is 0 Å². The van der Waals surface area contributed by atoms with Crippen LogP contribution in [0.1, 0.15) is 49.4 Å². The molecule has 0 radical (unpaired) electrons. The third-order valence-electron chi connectivity index (χ3n) is 7.14. The van der Waals surface area contributed by atoms with Gasteiger partial charge in [-0.1, -0.05) is 6.92 Å². The number of fused-ring (bicyclic) bond motifs is 1. The summed E-state index contributed by atoms with van der Waals surface area (Å²) in [7, 11) is 0. The standard InChI is InChI=1S/C21H27F5N4O2/c1-9-17-14(20(31)28-21(32)30(17)12-2-3-12)13(19(25)26)15(24)18(9)29-5-4-10(8-29)16(27)11(6-22)7-23/h9-12,16,18-19H,2-8,27H2,1H3,(H,28,31,32). The van der Waals surface area contributed by atoms with Gasteiger partial charge in [-0.2, -0.15) is 0 Å². The van der Waals surface area contributed by atoms with Gasteiger partial charge in [0.25, 0.3) is 12.0 Å². The van der Waals surface area contributed by atoms with Gasteiger partial charge >= 0.3 is 5.69 Å². The van der Waals surface area contributed by atoms with E-state index in [9.17, 15) is 27.2 Å². The summed E-state index contributed by atoms with van der Waals surface area (Å²) in [5.74, 6) is -3.16. The Labute approximate surface area is 181 Å². The highest BCUT2D eigenvalue weighted by Gasteiger charge is 2.47. The molecule has 3 N–H and O–H groups in total. The van der Waals surface area contributed by atoms with Gasteiger partial charge in [-0.3, -0.25) is 28.0 Å². The van der Waals surface area contributed by atoms with Gasteiger partial charge in [0.2, 0.25) is 0 Å². The number of nitrogens with two attached hydrogens (primary N) is 1. The van der Waals surface area contributed by atoms with Crippen molar-refractivity contribution < 1.29 is 22.0 Å². The molecule has 0 aromatic carbocycles. The third-order valence-corrected chi connectivity index (χ3v) is 7.14. The maximum absolute atomic E-state index is 15.6. The summed E-state index contributed by atoms with van der Waals surface area (Å²) in [4.78, 5) is 28.7. The van der Waals surface area contributed by atoms with Crippen LogP contribution in [0.2, 0.25) is 0 Å². The minimum Gasteiger partial charge on any atom is -0.327 e. The molecule has 1 aliphatic heterocycles. The van der Waals surface area contributed by atoms with Crippen molar-refractivity contribution in [1.29, 1.82) is 0 Å². The largest absolute Gasteiger partial charge is 0.328 e. The average molecular weight is 462 g/mol. The molecule has 3 aliphatic rings. The predicted octanol–water partition coefficient (Wildman–Crippen LogP) is 2.51. The van der Waals surface area contributed by atoms with Gasteiger partial charge in [-0.15, -0.1) is 0 Å². The van der Waals surface area contributed by atoms with E-state index >= 15 is 4.39 Å². The van der Waals surface area contributed by atoms with Gasteiger partial charge in [-0.25, -0.2) is 18.0 Å². The van der Waals surface area contributed by atoms with E-state index in [0.29, 0.717) is 25.8 Å². The first-order chi connectivity index (χ1) is 15.2. The Balaban J connectivity index is 1.76. The number of allylic oxidation sites excluding steroid dienone is 1. The zero-order chi connectivity index (χ0) is 23.3. The normalized spacial score (nSPS) is 27.5. The second-order valence-electron chi connectivity index (χ2n) is 9.11. The predicted molar refractivity (Wildman–Crippen MR) is 109 cm³/mol. The van der Waals surface area contributed by atoms with Crippen LogP contribution < -0.4 is 17.0 Å². The molecule has 32 heavy (non-hydrogen) atoms. The summed E-state index contributed by atoms with van der Waals surface area (Å²) in [6.45, 7) is 0.267. The fourth-order valence-electron chi connectivity index (χ4n) is 5.32. The molecule has 0 amide bonds. The molecule has 2 fully saturated rings. The number of aromatic amines is 1. The minimum atomic E-state index is -3.25.